The van der Waals surface area contributed by atoms with E-state index in [0.29, 0.717) is 18.5 Å². The van der Waals surface area contributed by atoms with Crippen LogP contribution in [0, 0.1) is 12.7 Å². The SMILES string of the molecule is Cc1ccc(F)c(C(C)(O)CCNC(C)(C)C)c1. The largest absolute Gasteiger partial charge is 0.385 e. The number of nitrogens with one attached hydrogen (secondary N) is 1. The fourth-order valence-electron chi connectivity index (χ4n) is 1.87. The Morgan fingerprint density at radius 3 is 2.39 bits per heavy atom. The number of rotatable bonds is 4. The van der Waals surface area contributed by atoms with Crippen molar-refractivity contribution in [1.82, 2.24) is 5.32 Å². The Kier molecular flexibility index (Phi) is 4.51. The molecule has 0 spiro atoms. The van der Waals surface area contributed by atoms with E-state index in [2.05, 4.69) is 26.1 Å². The third-order valence-electron chi connectivity index (χ3n) is 2.97. The van der Waals surface area contributed by atoms with E-state index in [0.717, 1.165) is 5.56 Å². The number of halogens is 1. The van der Waals surface area contributed by atoms with Crippen molar-refractivity contribution in [3.05, 3.63) is 35.1 Å². The summed E-state index contributed by atoms with van der Waals surface area (Å²) in [5.41, 5.74) is 0.184. The summed E-state index contributed by atoms with van der Waals surface area (Å²) in [6.45, 7) is 10.4. The molecule has 0 aliphatic heterocycles. The molecule has 2 N–H and O–H groups in total. The minimum absolute atomic E-state index is 0.00122. The quantitative estimate of drug-likeness (QED) is 0.864. The molecule has 0 amide bonds. The summed E-state index contributed by atoms with van der Waals surface area (Å²) in [5, 5.41) is 13.7. The molecule has 0 aliphatic rings. The molecule has 18 heavy (non-hydrogen) atoms. The molecule has 1 aromatic rings. The van der Waals surface area contributed by atoms with Crippen LogP contribution in [-0.2, 0) is 5.60 Å². The third kappa shape index (κ3) is 4.39. The van der Waals surface area contributed by atoms with Crippen LogP contribution in [0.3, 0.4) is 0 Å². The van der Waals surface area contributed by atoms with E-state index in [1.807, 2.05) is 6.92 Å². The lowest BCUT2D eigenvalue weighted by Crippen LogP contribution is -2.39. The molecule has 0 radical (unpaired) electrons. The molecule has 3 heteroatoms. The molecule has 0 saturated heterocycles. The molecule has 1 rings (SSSR count). The summed E-state index contributed by atoms with van der Waals surface area (Å²) in [6.07, 6.45) is 0.477. The van der Waals surface area contributed by atoms with Gasteiger partial charge in [-0.1, -0.05) is 17.7 Å². The van der Waals surface area contributed by atoms with E-state index in [9.17, 15) is 9.50 Å². The molecular formula is C15H24FNO. The summed E-state index contributed by atoms with van der Waals surface area (Å²) in [7, 11) is 0. The molecule has 1 aromatic carbocycles. The van der Waals surface area contributed by atoms with Crippen molar-refractivity contribution < 1.29 is 9.50 Å². The van der Waals surface area contributed by atoms with Crippen molar-refractivity contribution in [1.29, 1.82) is 0 Å². The van der Waals surface area contributed by atoms with Crippen LogP contribution in [0.25, 0.3) is 0 Å². The molecule has 0 fully saturated rings. The average Bonchev–Trinajstić information content (AvgIpc) is 2.19. The maximum absolute atomic E-state index is 13.7. The average molecular weight is 253 g/mol. The van der Waals surface area contributed by atoms with Gasteiger partial charge in [-0.3, -0.25) is 0 Å². The molecule has 0 saturated carbocycles. The second-order valence-corrected chi connectivity index (χ2v) is 6.18. The van der Waals surface area contributed by atoms with Gasteiger partial charge in [-0.05, 0) is 53.7 Å². The molecule has 0 bridgehead atoms. The Morgan fingerprint density at radius 2 is 1.83 bits per heavy atom. The number of aryl methyl sites for hydroxylation is 1. The van der Waals surface area contributed by atoms with E-state index in [4.69, 9.17) is 0 Å². The van der Waals surface area contributed by atoms with Crippen LogP contribution in [0.2, 0.25) is 0 Å². The van der Waals surface area contributed by atoms with Gasteiger partial charge in [0.1, 0.15) is 5.82 Å². The summed E-state index contributed by atoms with van der Waals surface area (Å²) in [6, 6.07) is 4.84. The molecule has 0 aliphatic carbocycles. The van der Waals surface area contributed by atoms with Crippen molar-refractivity contribution in [3.63, 3.8) is 0 Å². The molecule has 102 valence electrons. The Hall–Kier alpha value is -0.930. The smallest absolute Gasteiger partial charge is 0.129 e. The van der Waals surface area contributed by atoms with Gasteiger partial charge in [-0.15, -0.1) is 0 Å². The van der Waals surface area contributed by atoms with Gasteiger partial charge >= 0.3 is 0 Å². The predicted molar refractivity (Wildman–Crippen MR) is 73.1 cm³/mol. The summed E-state index contributed by atoms with van der Waals surface area (Å²) in [5.74, 6) is -0.346. The van der Waals surface area contributed by atoms with Crippen molar-refractivity contribution in [3.8, 4) is 0 Å². The lowest BCUT2D eigenvalue weighted by Gasteiger charge is -2.28. The second-order valence-electron chi connectivity index (χ2n) is 6.18. The fourth-order valence-corrected chi connectivity index (χ4v) is 1.87. The molecular weight excluding hydrogens is 229 g/mol. The van der Waals surface area contributed by atoms with E-state index in [1.54, 1.807) is 19.1 Å². The Labute approximate surface area is 109 Å². The number of hydrogen-bond donors (Lipinski definition) is 2. The number of hydrogen-bond acceptors (Lipinski definition) is 2. The van der Waals surface area contributed by atoms with Crippen molar-refractivity contribution in [2.45, 2.75) is 52.2 Å². The highest BCUT2D eigenvalue weighted by Crippen LogP contribution is 2.27. The van der Waals surface area contributed by atoms with Crippen molar-refractivity contribution in [2.75, 3.05) is 6.54 Å². The monoisotopic (exact) mass is 253 g/mol. The van der Waals surface area contributed by atoms with Crippen molar-refractivity contribution >= 4 is 0 Å². The molecule has 0 heterocycles. The fraction of sp³-hybridized carbons (Fsp3) is 0.600. The van der Waals surface area contributed by atoms with Crippen LogP contribution < -0.4 is 5.32 Å². The van der Waals surface area contributed by atoms with Gasteiger partial charge in [0.05, 0.1) is 5.60 Å². The zero-order chi connectivity index (χ0) is 14.0. The highest BCUT2D eigenvalue weighted by Gasteiger charge is 2.26. The zero-order valence-corrected chi connectivity index (χ0v) is 12.0. The van der Waals surface area contributed by atoms with E-state index in [-0.39, 0.29) is 11.4 Å². The highest BCUT2D eigenvalue weighted by atomic mass is 19.1. The molecule has 1 unspecified atom stereocenters. The summed E-state index contributed by atoms with van der Waals surface area (Å²) < 4.78 is 13.7. The normalized spacial score (nSPS) is 15.5. The molecule has 1 atom stereocenters. The number of aliphatic hydroxyl groups is 1. The van der Waals surface area contributed by atoms with Crippen LogP contribution >= 0.6 is 0 Å². The van der Waals surface area contributed by atoms with Crippen LogP contribution in [0.15, 0.2) is 18.2 Å². The lowest BCUT2D eigenvalue weighted by atomic mass is 9.90. The Bertz CT molecular complexity index is 407. The maximum Gasteiger partial charge on any atom is 0.129 e. The van der Waals surface area contributed by atoms with Crippen LogP contribution in [0.1, 0.15) is 45.2 Å². The summed E-state index contributed by atoms with van der Waals surface area (Å²) >= 11 is 0. The topological polar surface area (TPSA) is 32.3 Å². The Morgan fingerprint density at radius 1 is 1.22 bits per heavy atom. The minimum Gasteiger partial charge on any atom is -0.385 e. The first-order valence-electron chi connectivity index (χ1n) is 6.36. The van der Waals surface area contributed by atoms with Gasteiger partial charge in [0, 0.05) is 11.1 Å². The predicted octanol–water partition coefficient (Wildman–Crippen LogP) is 3.12. The van der Waals surface area contributed by atoms with Crippen LogP contribution in [-0.4, -0.2) is 17.2 Å². The standard InChI is InChI=1S/C15H24FNO/c1-11-6-7-13(16)12(10-11)15(5,18)8-9-17-14(2,3)4/h6-7,10,17-18H,8-9H2,1-5H3. The lowest BCUT2D eigenvalue weighted by molar-refractivity contribution is 0.0427. The van der Waals surface area contributed by atoms with Gasteiger partial charge in [0.2, 0.25) is 0 Å². The first-order valence-corrected chi connectivity index (χ1v) is 6.36. The van der Waals surface area contributed by atoms with Crippen molar-refractivity contribution in [2.24, 2.45) is 0 Å². The van der Waals surface area contributed by atoms with Gasteiger partial charge in [-0.2, -0.15) is 0 Å². The van der Waals surface area contributed by atoms with Gasteiger partial charge in [0.25, 0.3) is 0 Å². The van der Waals surface area contributed by atoms with Gasteiger partial charge < -0.3 is 10.4 Å². The number of benzene rings is 1. The maximum atomic E-state index is 13.7. The van der Waals surface area contributed by atoms with Gasteiger partial charge in [0.15, 0.2) is 0 Å². The first kappa shape index (κ1) is 15.1. The Balaban J connectivity index is 2.76. The second kappa shape index (κ2) is 5.37. The minimum atomic E-state index is -1.14. The van der Waals surface area contributed by atoms with E-state index in [1.165, 1.54) is 6.07 Å². The molecule has 2 nitrogen and oxygen atoms in total. The van der Waals surface area contributed by atoms with E-state index < -0.39 is 5.60 Å². The first-order chi connectivity index (χ1) is 8.12. The highest BCUT2D eigenvalue weighted by molar-refractivity contribution is 5.28. The molecule has 0 aromatic heterocycles. The van der Waals surface area contributed by atoms with Crippen LogP contribution in [0.5, 0.6) is 0 Å². The van der Waals surface area contributed by atoms with Crippen LogP contribution in [0.4, 0.5) is 4.39 Å². The summed E-state index contributed by atoms with van der Waals surface area (Å²) in [4.78, 5) is 0. The zero-order valence-electron chi connectivity index (χ0n) is 12.0. The van der Waals surface area contributed by atoms with E-state index >= 15 is 0 Å². The third-order valence-corrected chi connectivity index (χ3v) is 2.97. The van der Waals surface area contributed by atoms with Gasteiger partial charge in [-0.25, -0.2) is 4.39 Å².